The average Bonchev–Trinajstić information content (AvgIpc) is 2.61. The van der Waals surface area contributed by atoms with E-state index in [1.807, 2.05) is 0 Å². The summed E-state index contributed by atoms with van der Waals surface area (Å²) in [6.07, 6.45) is 7.53. The van der Waals surface area contributed by atoms with Crippen molar-refractivity contribution >= 4 is 17.3 Å². The number of aromatic nitrogens is 2. The number of hydrogen-bond acceptors (Lipinski definition) is 4. The fourth-order valence-electron chi connectivity index (χ4n) is 2.46. The quantitative estimate of drug-likeness (QED) is 0.833. The highest BCUT2D eigenvalue weighted by atomic mass is 35.5. The summed E-state index contributed by atoms with van der Waals surface area (Å²) in [6.45, 7) is 0.404. The molecule has 1 fully saturated rings. The second kappa shape index (κ2) is 5.92. The summed E-state index contributed by atoms with van der Waals surface area (Å²) in [5.41, 5.74) is -0.553. The van der Waals surface area contributed by atoms with Gasteiger partial charge in [0.05, 0.1) is 17.5 Å². The zero-order chi connectivity index (χ0) is 13.9. The molecule has 2 rings (SSSR count). The number of anilines is 1. The second-order valence-corrected chi connectivity index (χ2v) is 5.67. The molecule has 1 heterocycles. The van der Waals surface area contributed by atoms with Crippen LogP contribution < -0.4 is 10.9 Å². The van der Waals surface area contributed by atoms with Crippen molar-refractivity contribution in [2.45, 2.75) is 44.1 Å². The van der Waals surface area contributed by atoms with Crippen LogP contribution in [0.25, 0.3) is 0 Å². The molecule has 106 valence electrons. The molecule has 1 aromatic heterocycles. The van der Waals surface area contributed by atoms with E-state index < -0.39 is 5.60 Å². The zero-order valence-electron chi connectivity index (χ0n) is 11.2. The molecule has 0 aliphatic heterocycles. The third kappa shape index (κ3) is 3.48. The third-order valence-corrected chi connectivity index (χ3v) is 4.09. The largest absolute Gasteiger partial charge is 0.388 e. The first-order chi connectivity index (χ1) is 9.02. The molecule has 1 aromatic rings. The summed E-state index contributed by atoms with van der Waals surface area (Å²) in [5.74, 6) is 0. The molecule has 0 spiro atoms. The van der Waals surface area contributed by atoms with Crippen molar-refractivity contribution in [3.8, 4) is 0 Å². The van der Waals surface area contributed by atoms with Gasteiger partial charge in [0.15, 0.2) is 0 Å². The number of nitrogens with zero attached hydrogens (tertiary/aromatic N) is 2. The van der Waals surface area contributed by atoms with Crippen LogP contribution in [0, 0.1) is 0 Å². The van der Waals surface area contributed by atoms with E-state index in [-0.39, 0.29) is 10.6 Å². The topological polar surface area (TPSA) is 67.2 Å². The molecule has 1 aliphatic rings. The normalized spacial score (nSPS) is 18.9. The van der Waals surface area contributed by atoms with Gasteiger partial charge >= 0.3 is 0 Å². The third-order valence-electron chi connectivity index (χ3n) is 3.72. The Balaban J connectivity index is 2.06. The molecule has 19 heavy (non-hydrogen) atoms. The van der Waals surface area contributed by atoms with E-state index in [1.165, 1.54) is 23.7 Å². The number of hydrogen-bond donors (Lipinski definition) is 2. The Bertz CT molecular complexity index is 493. The van der Waals surface area contributed by atoms with Crippen molar-refractivity contribution < 1.29 is 5.11 Å². The summed E-state index contributed by atoms with van der Waals surface area (Å²) >= 11 is 5.98. The summed E-state index contributed by atoms with van der Waals surface area (Å²) in [7, 11) is 1.55. The van der Waals surface area contributed by atoms with Gasteiger partial charge in [0.1, 0.15) is 5.02 Å². The van der Waals surface area contributed by atoms with Crippen LogP contribution in [-0.4, -0.2) is 27.0 Å². The second-order valence-electron chi connectivity index (χ2n) is 5.29. The van der Waals surface area contributed by atoms with Crippen LogP contribution in [0.3, 0.4) is 0 Å². The summed E-state index contributed by atoms with van der Waals surface area (Å²) in [6, 6.07) is 0. The predicted octanol–water partition coefficient (Wildman–Crippen LogP) is 1.93. The highest BCUT2D eigenvalue weighted by molar-refractivity contribution is 6.32. The predicted molar refractivity (Wildman–Crippen MR) is 75.6 cm³/mol. The minimum absolute atomic E-state index is 0.120. The summed E-state index contributed by atoms with van der Waals surface area (Å²) in [4.78, 5) is 11.6. The van der Waals surface area contributed by atoms with Gasteiger partial charge < -0.3 is 10.4 Å². The molecule has 1 aliphatic carbocycles. The number of halogens is 1. The van der Waals surface area contributed by atoms with E-state index in [0.717, 1.165) is 25.7 Å². The molecular weight excluding hydrogens is 266 g/mol. The monoisotopic (exact) mass is 285 g/mol. The Hall–Kier alpha value is -1.07. The molecule has 1 saturated carbocycles. The lowest BCUT2D eigenvalue weighted by molar-refractivity contribution is 0.0381. The standard InChI is InChI=1S/C13H20ClN3O2/c1-17-12(18)11(14)10(8-16-17)15-9-13(19)6-4-2-3-5-7-13/h8,15,19H,2-7,9H2,1H3. The van der Waals surface area contributed by atoms with Crippen LogP contribution in [0.4, 0.5) is 5.69 Å². The molecule has 6 heteroatoms. The molecular formula is C13H20ClN3O2. The minimum Gasteiger partial charge on any atom is -0.388 e. The Morgan fingerprint density at radius 2 is 2.05 bits per heavy atom. The summed E-state index contributed by atoms with van der Waals surface area (Å²) < 4.78 is 1.19. The van der Waals surface area contributed by atoms with E-state index in [1.54, 1.807) is 7.05 Å². The number of nitrogens with one attached hydrogen (secondary N) is 1. The minimum atomic E-state index is -0.707. The number of aliphatic hydroxyl groups is 1. The Kier molecular flexibility index (Phi) is 4.47. The Labute approximate surface area is 117 Å². The maximum absolute atomic E-state index is 11.6. The molecule has 2 N–H and O–H groups in total. The maximum Gasteiger partial charge on any atom is 0.287 e. The average molecular weight is 286 g/mol. The molecule has 5 nitrogen and oxygen atoms in total. The molecule has 0 amide bonds. The van der Waals surface area contributed by atoms with Gasteiger partial charge in [-0.2, -0.15) is 5.10 Å². The van der Waals surface area contributed by atoms with Gasteiger partial charge in [0, 0.05) is 13.6 Å². The van der Waals surface area contributed by atoms with Crippen molar-refractivity contribution in [3.63, 3.8) is 0 Å². The number of rotatable bonds is 3. The fourth-order valence-corrected chi connectivity index (χ4v) is 2.70. The molecule has 0 atom stereocenters. The highest BCUT2D eigenvalue weighted by Crippen LogP contribution is 2.27. The van der Waals surface area contributed by atoms with E-state index in [0.29, 0.717) is 12.2 Å². The van der Waals surface area contributed by atoms with E-state index in [2.05, 4.69) is 10.4 Å². The van der Waals surface area contributed by atoms with Crippen LogP contribution in [0.2, 0.25) is 5.02 Å². The van der Waals surface area contributed by atoms with Crippen LogP contribution in [-0.2, 0) is 7.05 Å². The van der Waals surface area contributed by atoms with Gasteiger partial charge in [0.25, 0.3) is 5.56 Å². The van der Waals surface area contributed by atoms with Crippen LogP contribution >= 0.6 is 11.6 Å². The molecule has 0 saturated heterocycles. The van der Waals surface area contributed by atoms with E-state index >= 15 is 0 Å². The van der Waals surface area contributed by atoms with Crippen molar-refractivity contribution in [2.75, 3.05) is 11.9 Å². The molecule has 0 aromatic carbocycles. The van der Waals surface area contributed by atoms with Gasteiger partial charge in [-0.05, 0) is 12.8 Å². The Morgan fingerprint density at radius 3 is 2.68 bits per heavy atom. The smallest absolute Gasteiger partial charge is 0.287 e. The maximum atomic E-state index is 11.6. The van der Waals surface area contributed by atoms with Gasteiger partial charge in [-0.25, -0.2) is 4.68 Å². The van der Waals surface area contributed by atoms with Gasteiger partial charge in [0.2, 0.25) is 0 Å². The lowest BCUT2D eigenvalue weighted by Crippen LogP contribution is -2.36. The van der Waals surface area contributed by atoms with Crippen LogP contribution in [0.5, 0.6) is 0 Å². The first-order valence-electron chi connectivity index (χ1n) is 6.70. The molecule has 0 bridgehead atoms. The van der Waals surface area contributed by atoms with Crippen molar-refractivity contribution in [2.24, 2.45) is 7.05 Å². The first-order valence-corrected chi connectivity index (χ1v) is 7.08. The zero-order valence-corrected chi connectivity index (χ0v) is 11.9. The lowest BCUT2D eigenvalue weighted by atomic mass is 9.94. The summed E-state index contributed by atoms with van der Waals surface area (Å²) in [5, 5.41) is 17.6. The van der Waals surface area contributed by atoms with E-state index in [4.69, 9.17) is 11.6 Å². The first kappa shape index (κ1) is 14.3. The highest BCUT2D eigenvalue weighted by Gasteiger charge is 2.28. The van der Waals surface area contributed by atoms with Crippen LogP contribution in [0.1, 0.15) is 38.5 Å². The van der Waals surface area contributed by atoms with Crippen molar-refractivity contribution in [1.29, 1.82) is 0 Å². The van der Waals surface area contributed by atoms with Crippen molar-refractivity contribution in [3.05, 3.63) is 21.6 Å². The number of aryl methyl sites for hydroxylation is 1. The van der Waals surface area contributed by atoms with E-state index in [9.17, 15) is 9.90 Å². The lowest BCUT2D eigenvalue weighted by Gasteiger charge is -2.27. The molecule has 0 radical (unpaired) electrons. The Morgan fingerprint density at radius 1 is 1.42 bits per heavy atom. The van der Waals surface area contributed by atoms with Crippen LogP contribution in [0.15, 0.2) is 11.0 Å². The van der Waals surface area contributed by atoms with Gasteiger partial charge in [-0.15, -0.1) is 0 Å². The van der Waals surface area contributed by atoms with Crippen molar-refractivity contribution in [1.82, 2.24) is 9.78 Å². The van der Waals surface area contributed by atoms with Gasteiger partial charge in [-0.1, -0.05) is 37.3 Å². The molecule has 0 unspecified atom stereocenters. The fraction of sp³-hybridized carbons (Fsp3) is 0.692. The van der Waals surface area contributed by atoms with Gasteiger partial charge in [-0.3, -0.25) is 4.79 Å². The SMILES string of the molecule is Cn1ncc(NCC2(O)CCCCCC2)c(Cl)c1=O.